The third-order valence-corrected chi connectivity index (χ3v) is 6.39. The minimum absolute atomic E-state index is 0.0314. The second-order valence-corrected chi connectivity index (χ2v) is 8.39. The van der Waals surface area contributed by atoms with E-state index in [9.17, 15) is 9.00 Å². The maximum Gasteiger partial charge on any atom is 0.243 e. The maximum absolute atomic E-state index is 12.7. The van der Waals surface area contributed by atoms with Crippen LogP contribution in [0.1, 0.15) is 52.9 Å². The molecule has 2 fully saturated rings. The Morgan fingerprint density at radius 3 is 2.55 bits per heavy atom. The molecular formula is C15H28N2O2S. The van der Waals surface area contributed by atoms with Crippen molar-refractivity contribution in [3.63, 3.8) is 0 Å². The van der Waals surface area contributed by atoms with E-state index in [-0.39, 0.29) is 17.3 Å². The zero-order chi connectivity index (χ0) is 14.9. The minimum atomic E-state index is -0.886. The van der Waals surface area contributed by atoms with Crippen molar-refractivity contribution in [3.8, 4) is 0 Å². The van der Waals surface area contributed by atoms with Gasteiger partial charge >= 0.3 is 0 Å². The molecule has 0 bridgehead atoms. The van der Waals surface area contributed by atoms with Gasteiger partial charge in [0.1, 0.15) is 0 Å². The standard InChI is InChI=1S/C15H28N2O2S/c1-5-15(3)14(18)17(10-11(2)20(4)19)13(16-15)12-8-6-7-9-12/h11-13,16H,5-10H2,1-4H3. The van der Waals surface area contributed by atoms with Crippen LogP contribution in [0.3, 0.4) is 0 Å². The molecule has 1 heterocycles. The summed E-state index contributed by atoms with van der Waals surface area (Å²) in [6.45, 7) is 6.63. The molecule has 1 saturated carbocycles. The predicted octanol–water partition coefficient (Wildman–Crippen LogP) is 1.87. The van der Waals surface area contributed by atoms with Gasteiger partial charge in [-0.25, -0.2) is 0 Å². The summed E-state index contributed by atoms with van der Waals surface area (Å²) in [6.07, 6.45) is 7.60. The van der Waals surface area contributed by atoms with Gasteiger partial charge < -0.3 is 4.90 Å². The molecular weight excluding hydrogens is 272 g/mol. The van der Waals surface area contributed by atoms with Crippen molar-refractivity contribution in [2.45, 2.75) is 69.8 Å². The first kappa shape index (κ1) is 16.0. The number of nitrogens with zero attached hydrogens (tertiary/aromatic N) is 1. The van der Waals surface area contributed by atoms with E-state index in [2.05, 4.69) is 12.2 Å². The van der Waals surface area contributed by atoms with Crippen LogP contribution >= 0.6 is 0 Å². The van der Waals surface area contributed by atoms with Crippen LogP contribution in [0, 0.1) is 5.92 Å². The Morgan fingerprint density at radius 1 is 1.45 bits per heavy atom. The van der Waals surface area contributed by atoms with Crippen molar-refractivity contribution in [1.29, 1.82) is 0 Å². The summed E-state index contributed by atoms with van der Waals surface area (Å²) < 4.78 is 11.6. The molecule has 1 aliphatic carbocycles. The Labute approximate surface area is 125 Å². The number of nitrogens with one attached hydrogen (secondary N) is 1. The summed E-state index contributed by atoms with van der Waals surface area (Å²) in [6, 6.07) is 0. The molecule has 2 aliphatic rings. The highest BCUT2D eigenvalue weighted by Crippen LogP contribution is 2.35. The molecule has 5 heteroatoms. The van der Waals surface area contributed by atoms with E-state index in [1.54, 1.807) is 6.26 Å². The molecule has 4 nitrogen and oxygen atoms in total. The predicted molar refractivity (Wildman–Crippen MR) is 82.8 cm³/mol. The fraction of sp³-hybridized carbons (Fsp3) is 0.933. The van der Waals surface area contributed by atoms with Crippen LogP contribution in [0.15, 0.2) is 0 Å². The number of hydrogen-bond acceptors (Lipinski definition) is 3. The van der Waals surface area contributed by atoms with E-state index >= 15 is 0 Å². The Bertz CT molecular complexity index is 395. The van der Waals surface area contributed by atoms with Crippen LogP contribution in [-0.2, 0) is 15.6 Å². The summed E-state index contributed by atoms with van der Waals surface area (Å²) in [4.78, 5) is 14.7. The second kappa shape index (κ2) is 6.14. The van der Waals surface area contributed by atoms with E-state index in [0.29, 0.717) is 12.5 Å². The second-order valence-electron chi connectivity index (χ2n) is 6.59. The SMILES string of the molecule is CCC1(C)NC(C2CCCC2)N(CC(C)S(C)=O)C1=O. The molecule has 2 rings (SSSR count). The van der Waals surface area contributed by atoms with Crippen molar-refractivity contribution in [2.75, 3.05) is 12.8 Å². The van der Waals surface area contributed by atoms with E-state index < -0.39 is 16.3 Å². The van der Waals surface area contributed by atoms with Gasteiger partial charge in [-0.05, 0) is 39.0 Å². The van der Waals surface area contributed by atoms with Gasteiger partial charge in [0.15, 0.2) is 0 Å². The van der Waals surface area contributed by atoms with Gasteiger partial charge in [-0.15, -0.1) is 0 Å². The van der Waals surface area contributed by atoms with Crippen LogP contribution in [0.2, 0.25) is 0 Å². The van der Waals surface area contributed by atoms with E-state index in [1.807, 2.05) is 18.7 Å². The molecule has 0 aromatic carbocycles. The normalized spacial score (nSPS) is 34.7. The van der Waals surface area contributed by atoms with Crippen molar-refractivity contribution >= 4 is 16.7 Å². The van der Waals surface area contributed by atoms with Crippen LogP contribution in [0.5, 0.6) is 0 Å². The van der Waals surface area contributed by atoms with E-state index in [0.717, 1.165) is 6.42 Å². The molecule has 0 aromatic rings. The molecule has 1 N–H and O–H groups in total. The molecule has 1 saturated heterocycles. The zero-order valence-corrected chi connectivity index (χ0v) is 14.0. The molecule has 116 valence electrons. The molecule has 1 amide bonds. The summed E-state index contributed by atoms with van der Waals surface area (Å²) in [7, 11) is -0.886. The van der Waals surface area contributed by atoms with Crippen LogP contribution in [0.4, 0.5) is 0 Å². The number of amides is 1. The first-order chi connectivity index (χ1) is 9.39. The number of hydrogen-bond donors (Lipinski definition) is 1. The number of carbonyl (C=O) groups is 1. The summed E-state index contributed by atoms with van der Waals surface area (Å²) >= 11 is 0. The summed E-state index contributed by atoms with van der Waals surface area (Å²) in [5.74, 6) is 0.749. The molecule has 1 aliphatic heterocycles. The number of carbonyl (C=O) groups excluding carboxylic acids is 1. The first-order valence-corrected chi connectivity index (χ1v) is 9.42. The van der Waals surface area contributed by atoms with Crippen molar-refractivity contribution < 1.29 is 9.00 Å². The van der Waals surface area contributed by atoms with Crippen LogP contribution < -0.4 is 5.32 Å². The fourth-order valence-electron chi connectivity index (χ4n) is 3.39. The first-order valence-electron chi connectivity index (χ1n) is 7.80. The van der Waals surface area contributed by atoms with Crippen molar-refractivity contribution in [2.24, 2.45) is 5.92 Å². The van der Waals surface area contributed by atoms with Crippen molar-refractivity contribution in [1.82, 2.24) is 10.2 Å². The van der Waals surface area contributed by atoms with Crippen molar-refractivity contribution in [3.05, 3.63) is 0 Å². The lowest BCUT2D eigenvalue weighted by Gasteiger charge is -2.30. The average molecular weight is 300 g/mol. The summed E-state index contributed by atoms with van der Waals surface area (Å²) in [5.41, 5.74) is -0.442. The summed E-state index contributed by atoms with van der Waals surface area (Å²) in [5, 5.41) is 3.61. The Hall–Kier alpha value is -0.420. The molecule has 0 aromatic heterocycles. The largest absolute Gasteiger partial charge is 0.324 e. The molecule has 0 radical (unpaired) electrons. The van der Waals surface area contributed by atoms with Gasteiger partial charge in [0.25, 0.3) is 0 Å². The third-order valence-electron chi connectivity index (χ3n) is 5.11. The smallest absolute Gasteiger partial charge is 0.243 e. The van der Waals surface area contributed by atoms with E-state index in [1.165, 1.54) is 25.7 Å². The van der Waals surface area contributed by atoms with Crippen LogP contribution in [0.25, 0.3) is 0 Å². The Kier molecular flexibility index (Phi) is 4.90. The zero-order valence-electron chi connectivity index (χ0n) is 13.1. The lowest BCUT2D eigenvalue weighted by Crippen LogP contribution is -2.46. The third kappa shape index (κ3) is 2.93. The van der Waals surface area contributed by atoms with Gasteiger partial charge in [-0.2, -0.15) is 0 Å². The highest BCUT2D eigenvalue weighted by Gasteiger charge is 2.49. The average Bonchev–Trinajstić information content (AvgIpc) is 3.01. The number of rotatable bonds is 5. The van der Waals surface area contributed by atoms with Gasteiger partial charge in [0.05, 0.1) is 11.7 Å². The maximum atomic E-state index is 12.7. The van der Waals surface area contributed by atoms with Gasteiger partial charge in [-0.1, -0.05) is 19.8 Å². The van der Waals surface area contributed by atoms with Gasteiger partial charge in [0, 0.05) is 28.9 Å². The lowest BCUT2D eigenvalue weighted by molar-refractivity contribution is -0.133. The lowest BCUT2D eigenvalue weighted by atomic mass is 9.99. The molecule has 0 spiro atoms. The van der Waals surface area contributed by atoms with Gasteiger partial charge in [0.2, 0.25) is 5.91 Å². The van der Waals surface area contributed by atoms with Gasteiger partial charge in [-0.3, -0.25) is 14.3 Å². The van der Waals surface area contributed by atoms with E-state index in [4.69, 9.17) is 0 Å². The molecule has 20 heavy (non-hydrogen) atoms. The quantitative estimate of drug-likeness (QED) is 0.843. The Balaban J connectivity index is 2.18. The van der Waals surface area contributed by atoms with Crippen LogP contribution in [-0.4, -0.2) is 44.8 Å². The highest BCUT2D eigenvalue weighted by atomic mass is 32.2. The topological polar surface area (TPSA) is 49.4 Å². The minimum Gasteiger partial charge on any atom is -0.324 e. The highest BCUT2D eigenvalue weighted by molar-refractivity contribution is 7.84. The molecule has 4 unspecified atom stereocenters. The fourth-order valence-corrected chi connectivity index (χ4v) is 3.76. The monoisotopic (exact) mass is 300 g/mol. The molecule has 4 atom stereocenters. The Morgan fingerprint density at radius 2 is 2.05 bits per heavy atom.